The molecule has 0 saturated heterocycles. The van der Waals surface area contributed by atoms with Crippen molar-refractivity contribution in [1.29, 1.82) is 0 Å². The van der Waals surface area contributed by atoms with Crippen LogP contribution in [0.1, 0.15) is 11.3 Å². The van der Waals surface area contributed by atoms with Crippen LogP contribution in [0.2, 0.25) is 0 Å². The van der Waals surface area contributed by atoms with Crippen LogP contribution in [0.25, 0.3) is 22.1 Å². The molecule has 0 amide bonds. The van der Waals surface area contributed by atoms with Crippen molar-refractivity contribution in [2.45, 2.75) is 13.2 Å². The second kappa shape index (κ2) is 6.12. The average Bonchev–Trinajstić information content (AvgIpc) is 2.87. The smallest absolute Gasteiger partial charge is 0.142 e. The normalized spacial score (nSPS) is 11.1. The summed E-state index contributed by atoms with van der Waals surface area (Å²) in [5.74, 6) is 0.942. The minimum atomic E-state index is 0.558. The number of fused-ring (bicyclic) bond motifs is 1. The lowest BCUT2D eigenvalue weighted by Crippen LogP contribution is -2.06. The van der Waals surface area contributed by atoms with Gasteiger partial charge in [0, 0.05) is 23.6 Å². The number of benzene rings is 2. The first kappa shape index (κ1) is 13.9. The van der Waals surface area contributed by atoms with Gasteiger partial charge in [-0.05, 0) is 12.6 Å². The average molecular weight is 281 g/mol. The lowest BCUT2D eigenvalue weighted by atomic mass is 10.0. The molecule has 1 N–H and O–H groups in total. The van der Waals surface area contributed by atoms with E-state index in [1.165, 1.54) is 0 Å². The van der Waals surface area contributed by atoms with Crippen LogP contribution in [0.3, 0.4) is 0 Å². The van der Waals surface area contributed by atoms with E-state index < -0.39 is 0 Å². The van der Waals surface area contributed by atoms with Gasteiger partial charge in [-0.25, -0.2) is 0 Å². The summed E-state index contributed by atoms with van der Waals surface area (Å²) in [5.41, 5.74) is 4.34. The quantitative estimate of drug-likeness (QED) is 0.768. The van der Waals surface area contributed by atoms with Gasteiger partial charge < -0.3 is 14.5 Å². The van der Waals surface area contributed by atoms with Crippen LogP contribution in [0.15, 0.2) is 52.9 Å². The van der Waals surface area contributed by atoms with Crippen LogP contribution in [-0.2, 0) is 17.9 Å². The molecule has 21 heavy (non-hydrogen) atoms. The molecule has 0 atom stereocenters. The summed E-state index contributed by atoms with van der Waals surface area (Å²) in [6, 6.07) is 16.6. The number of nitrogens with one attached hydrogen (secondary N) is 1. The van der Waals surface area contributed by atoms with Crippen molar-refractivity contribution in [3.63, 3.8) is 0 Å². The lowest BCUT2D eigenvalue weighted by Gasteiger charge is -2.02. The largest absolute Gasteiger partial charge is 0.459 e. The van der Waals surface area contributed by atoms with Crippen molar-refractivity contribution in [1.82, 2.24) is 5.32 Å². The van der Waals surface area contributed by atoms with Crippen molar-refractivity contribution < 1.29 is 9.15 Å². The molecule has 1 aromatic heterocycles. The van der Waals surface area contributed by atoms with Gasteiger partial charge in [0.15, 0.2) is 0 Å². The van der Waals surface area contributed by atoms with E-state index in [2.05, 4.69) is 35.6 Å². The Labute approximate surface area is 124 Å². The zero-order valence-electron chi connectivity index (χ0n) is 12.3. The Morgan fingerprint density at radius 2 is 1.86 bits per heavy atom. The van der Waals surface area contributed by atoms with Gasteiger partial charge in [0.1, 0.15) is 11.3 Å². The fraction of sp³-hybridized carbons (Fsp3) is 0.222. The number of methoxy groups -OCH3 is 1. The highest BCUT2D eigenvalue weighted by Crippen LogP contribution is 2.34. The molecule has 1 heterocycles. The number of hydrogen-bond donors (Lipinski definition) is 1. The maximum atomic E-state index is 6.14. The summed E-state index contributed by atoms with van der Waals surface area (Å²) < 4.78 is 11.5. The highest BCUT2D eigenvalue weighted by Gasteiger charge is 2.16. The lowest BCUT2D eigenvalue weighted by molar-refractivity contribution is 0.183. The predicted octanol–water partition coefficient (Wildman–Crippen LogP) is 3.97. The zero-order chi connectivity index (χ0) is 14.7. The third-order valence-electron chi connectivity index (χ3n) is 3.61. The first-order valence-corrected chi connectivity index (χ1v) is 7.07. The standard InChI is InChI=1S/C18H19NO2/c1-19-11-17-16(12-20-2)15-10-6-9-14(18(15)21-17)13-7-4-3-5-8-13/h3-10,19H,11-12H2,1-2H3. The van der Waals surface area contributed by atoms with E-state index in [-0.39, 0.29) is 0 Å². The molecule has 0 saturated carbocycles. The Bertz CT molecular complexity index is 732. The molecule has 3 rings (SSSR count). The third-order valence-corrected chi connectivity index (χ3v) is 3.61. The van der Waals surface area contributed by atoms with Crippen molar-refractivity contribution in [3.05, 3.63) is 59.9 Å². The Morgan fingerprint density at radius 3 is 2.57 bits per heavy atom. The molecule has 0 aliphatic rings. The van der Waals surface area contributed by atoms with Gasteiger partial charge in [-0.3, -0.25) is 0 Å². The second-order valence-electron chi connectivity index (χ2n) is 5.02. The van der Waals surface area contributed by atoms with Gasteiger partial charge >= 0.3 is 0 Å². The number of furan rings is 1. The Kier molecular flexibility index (Phi) is 4.04. The van der Waals surface area contributed by atoms with E-state index in [9.17, 15) is 0 Å². The molecular formula is C18H19NO2. The Morgan fingerprint density at radius 1 is 1.05 bits per heavy atom. The third kappa shape index (κ3) is 2.58. The molecule has 3 nitrogen and oxygen atoms in total. The summed E-state index contributed by atoms with van der Waals surface area (Å²) in [7, 11) is 3.63. The van der Waals surface area contributed by atoms with E-state index in [0.717, 1.165) is 33.4 Å². The van der Waals surface area contributed by atoms with E-state index in [1.807, 2.05) is 25.2 Å². The second-order valence-corrected chi connectivity index (χ2v) is 5.02. The van der Waals surface area contributed by atoms with Gasteiger partial charge in [-0.2, -0.15) is 0 Å². The topological polar surface area (TPSA) is 34.4 Å². The van der Waals surface area contributed by atoms with Crippen LogP contribution >= 0.6 is 0 Å². The zero-order valence-corrected chi connectivity index (χ0v) is 12.3. The number of ether oxygens (including phenoxy) is 1. The van der Waals surface area contributed by atoms with Crippen LogP contribution in [-0.4, -0.2) is 14.2 Å². The molecule has 0 aliphatic carbocycles. The molecule has 0 radical (unpaired) electrons. The first-order chi connectivity index (χ1) is 10.3. The SMILES string of the molecule is CNCc1oc2c(-c3ccccc3)cccc2c1COC. The minimum absolute atomic E-state index is 0.558. The molecular weight excluding hydrogens is 262 g/mol. The number of rotatable bonds is 5. The molecule has 2 aromatic carbocycles. The fourth-order valence-corrected chi connectivity index (χ4v) is 2.67. The van der Waals surface area contributed by atoms with E-state index in [4.69, 9.17) is 9.15 Å². The fourth-order valence-electron chi connectivity index (χ4n) is 2.67. The Hall–Kier alpha value is -2.10. The van der Waals surface area contributed by atoms with Gasteiger partial charge in [0.2, 0.25) is 0 Å². The molecule has 108 valence electrons. The van der Waals surface area contributed by atoms with Crippen LogP contribution < -0.4 is 5.32 Å². The highest BCUT2D eigenvalue weighted by molar-refractivity contribution is 5.95. The number of para-hydroxylation sites is 1. The molecule has 3 heteroatoms. The molecule has 0 aliphatic heterocycles. The van der Waals surface area contributed by atoms with Crippen molar-refractivity contribution in [3.8, 4) is 11.1 Å². The van der Waals surface area contributed by atoms with E-state index in [1.54, 1.807) is 7.11 Å². The van der Waals surface area contributed by atoms with E-state index in [0.29, 0.717) is 13.2 Å². The summed E-state index contributed by atoms with van der Waals surface area (Å²) in [4.78, 5) is 0. The molecule has 0 fully saturated rings. The van der Waals surface area contributed by atoms with E-state index >= 15 is 0 Å². The van der Waals surface area contributed by atoms with Crippen molar-refractivity contribution in [2.24, 2.45) is 0 Å². The Balaban J connectivity index is 2.22. The van der Waals surface area contributed by atoms with Gasteiger partial charge in [0.05, 0.1) is 13.2 Å². The van der Waals surface area contributed by atoms with Crippen molar-refractivity contribution >= 4 is 11.0 Å². The van der Waals surface area contributed by atoms with Crippen LogP contribution in [0, 0.1) is 0 Å². The van der Waals surface area contributed by atoms with Gasteiger partial charge in [-0.15, -0.1) is 0 Å². The predicted molar refractivity (Wildman–Crippen MR) is 85.1 cm³/mol. The summed E-state index contributed by atoms with van der Waals surface area (Å²) >= 11 is 0. The molecule has 0 spiro atoms. The monoisotopic (exact) mass is 281 g/mol. The van der Waals surface area contributed by atoms with Gasteiger partial charge in [0.25, 0.3) is 0 Å². The van der Waals surface area contributed by atoms with Crippen molar-refractivity contribution in [2.75, 3.05) is 14.2 Å². The van der Waals surface area contributed by atoms with Gasteiger partial charge in [-0.1, -0.05) is 48.5 Å². The van der Waals surface area contributed by atoms with Crippen LogP contribution in [0.5, 0.6) is 0 Å². The highest BCUT2D eigenvalue weighted by atomic mass is 16.5. The molecule has 0 unspecified atom stereocenters. The summed E-state index contributed by atoms with van der Waals surface area (Å²) in [5, 5.41) is 4.28. The maximum absolute atomic E-state index is 6.14. The molecule has 0 bridgehead atoms. The first-order valence-electron chi connectivity index (χ1n) is 7.07. The van der Waals surface area contributed by atoms with Crippen LogP contribution in [0.4, 0.5) is 0 Å². The molecule has 3 aromatic rings. The summed E-state index contributed by atoms with van der Waals surface area (Å²) in [6.45, 7) is 1.25. The number of hydrogen-bond acceptors (Lipinski definition) is 3. The summed E-state index contributed by atoms with van der Waals surface area (Å²) in [6.07, 6.45) is 0. The maximum Gasteiger partial charge on any atom is 0.142 e. The minimum Gasteiger partial charge on any atom is -0.459 e.